The summed E-state index contributed by atoms with van der Waals surface area (Å²) in [4.78, 5) is 4.43. The number of nitrogens with one attached hydrogen (secondary N) is 1. The highest BCUT2D eigenvalue weighted by atomic mass is 15.3. The molecule has 1 unspecified atom stereocenters. The highest BCUT2D eigenvalue weighted by Gasteiger charge is 2.18. The lowest BCUT2D eigenvalue weighted by molar-refractivity contribution is 0.338. The van der Waals surface area contributed by atoms with Gasteiger partial charge in [-0.15, -0.1) is 0 Å². The standard InChI is InChI=1S/C15H30N4/c1-11(2)8-16-9-14(12(3)4)7-15-17-10-18-19(15)13(5)6/h10-14,16H,7-9H2,1-6H3. The lowest BCUT2D eigenvalue weighted by Crippen LogP contribution is -2.31. The number of hydrogen-bond donors (Lipinski definition) is 1. The monoisotopic (exact) mass is 266 g/mol. The summed E-state index contributed by atoms with van der Waals surface area (Å²) in [6.45, 7) is 15.5. The van der Waals surface area contributed by atoms with Crippen molar-refractivity contribution in [2.75, 3.05) is 13.1 Å². The van der Waals surface area contributed by atoms with Gasteiger partial charge < -0.3 is 5.32 Å². The molecule has 4 heteroatoms. The molecule has 1 aromatic rings. The molecule has 1 N–H and O–H groups in total. The third kappa shape index (κ3) is 5.31. The van der Waals surface area contributed by atoms with Crippen LogP contribution in [0.4, 0.5) is 0 Å². The predicted molar refractivity (Wildman–Crippen MR) is 80.1 cm³/mol. The summed E-state index contributed by atoms with van der Waals surface area (Å²) in [5.74, 6) is 3.07. The average Bonchev–Trinajstić information content (AvgIpc) is 2.75. The second-order valence-electron chi connectivity index (χ2n) is 6.47. The first-order chi connectivity index (χ1) is 8.91. The van der Waals surface area contributed by atoms with Gasteiger partial charge >= 0.3 is 0 Å². The van der Waals surface area contributed by atoms with Crippen LogP contribution in [-0.4, -0.2) is 27.9 Å². The molecule has 110 valence electrons. The molecule has 1 heterocycles. The van der Waals surface area contributed by atoms with E-state index in [9.17, 15) is 0 Å². The van der Waals surface area contributed by atoms with Crippen LogP contribution in [0.5, 0.6) is 0 Å². The van der Waals surface area contributed by atoms with Crippen LogP contribution in [0, 0.1) is 17.8 Å². The minimum absolute atomic E-state index is 0.383. The molecule has 0 aliphatic rings. The fourth-order valence-electron chi connectivity index (χ4n) is 2.19. The Morgan fingerprint density at radius 1 is 1.11 bits per heavy atom. The number of hydrogen-bond acceptors (Lipinski definition) is 3. The maximum Gasteiger partial charge on any atom is 0.138 e. The maximum atomic E-state index is 4.43. The zero-order chi connectivity index (χ0) is 14.4. The molecule has 0 radical (unpaired) electrons. The van der Waals surface area contributed by atoms with Gasteiger partial charge in [-0.25, -0.2) is 9.67 Å². The van der Waals surface area contributed by atoms with Crippen LogP contribution in [0.25, 0.3) is 0 Å². The normalized spacial score (nSPS) is 13.7. The van der Waals surface area contributed by atoms with E-state index in [1.807, 2.05) is 4.68 Å². The molecule has 4 nitrogen and oxygen atoms in total. The van der Waals surface area contributed by atoms with Gasteiger partial charge in [-0.3, -0.25) is 0 Å². The van der Waals surface area contributed by atoms with E-state index in [0.717, 1.165) is 25.3 Å². The molecule has 0 spiro atoms. The van der Waals surface area contributed by atoms with Crippen molar-refractivity contribution < 1.29 is 0 Å². The van der Waals surface area contributed by atoms with Gasteiger partial charge in [-0.2, -0.15) is 5.10 Å². The largest absolute Gasteiger partial charge is 0.316 e. The van der Waals surface area contributed by atoms with E-state index >= 15 is 0 Å². The van der Waals surface area contributed by atoms with Crippen LogP contribution >= 0.6 is 0 Å². The first-order valence-electron chi connectivity index (χ1n) is 7.50. The lowest BCUT2D eigenvalue weighted by atomic mass is 9.92. The topological polar surface area (TPSA) is 42.7 Å². The summed E-state index contributed by atoms with van der Waals surface area (Å²) in [6, 6.07) is 0.383. The molecular formula is C15H30N4. The summed E-state index contributed by atoms with van der Waals surface area (Å²) in [5.41, 5.74) is 0. The van der Waals surface area contributed by atoms with Crippen LogP contribution in [0.1, 0.15) is 53.4 Å². The van der Waals surface area contributed by atoms with Crippen molar-refractivity contribution in [3.63, 3.8) is 0 Å². The van der Waals surface area contributed by atoms with Crippen molar-refractivity contribution in [3.8, 4) is 0 Å². The van der Waals surface area contributed by atoms with Gasteiger partial charge in [-0.1, -0.05) is 27.7 Å². The molecule has 0 saturated heterocycles. The summed E-state index contributed by atoms with van der Waals surface area (Å²) in [7, 11) is 0. The molecule has 0 saturated carbocycles. The number of aromatic nitrogens is 3. The number of rotatable bonds is 8. The summed E-state index contributed by atoms with van der Waals surface area (Å²) < 4.78 is 2.04. The maximum absolute atomic E-state index is 4.43. The van der Waals surface area contributed by atoms with Gasteiger partial charge in [0.15, 0.2) is 0 Å². The van der Waals surface area contributed by atoms with E-state index in [1.165, 1.54) is 0 Å². The van der Waals surface area contributed by atoms with Crippen LogP contribution < -0.4 is 5.32 Å². The van der Waals surface area contributed by atoms with Gasteiger partial charge in [0.05, 0.1) is 0 Å². The summed E-state index contributed by atoms with van der Waals surface area (Å²) in [6.07, 6.45) is 2.68. The quantitative estimate of drug-likeness (QED) is 0.786. The Morgan fingerprint density at radius 3 is 2.32 bits per heavy atom. The first-order valence-corrected chi connectivity index (χ1v) is 7.50. The van der Waals surface area contributed by atoms with Crippen molar-refractivity contribution >= 4 is 0 Å². The number of nitrogens with zero attached hydrogens (tertiary/aromatic N) is 3. The Kier molecular flexibility index (Phi) is 6.49. The Bertz CT molecular complexity index is 355. The van der Waals surface area contributed by atoms with E-state index in [0.29, 0.717) is 23.8 Å². The highest BCUT2D eigenvalue weighted by molar-refractivity contribution is 4.90. The molecule has 0 aliphatic carbocycles. The van der Waals surface area contributed by atoms with Gasteiger partial charge in [-0.05, 0) is 44.7 Å². The van der Waals surface area contributed by atoms with Crippen molar-refractivity contribution in [1.82, 2.24) is 20.1 Å². The Balaban J connectivity index is 2.60. The first kappa shape index (κ1) is 16.2. The van der Waals surface area contributed by atoms with Crippen LogP contribution in [0.3, 0.4) is 0 Å². The van der Waals surface area contributed by atoms with Gasteiger partial charge in [0.2, 0.25) is 0 Å². The third-order valence-electron chi connectivity index (χ3n) is 3.48. The van der Waals surface area contributed by atoms with E-state index < -0.39 is 0 Å². The van der Waals surface area contributed by atoms with E-state index in [4.69, 9.17) is 0 Å². The molecule has 1 aromatic heterocycles. The Morgan fingerprint density at radius 2 is 1.79 bits per heavy atom. The van der Waals surface area contributed by atoms with E-state index in [2.05, 4.69) is 56.9 Å². The fraction of sp³-hybridized carbons (Fsp3) is 0.867. The zero-order valence-corrected chi connectivity index (χ0v) is 13.3. The Hall–Kier alpha value is -0.900. The van der Waals surface area contributed by atoms with Gasteiger partial charge in [0.25, 0.3) is 0 Å². The van der Waals surface area contributed by atoms with E-state index in [1.54, 1.807) is 6.33 Å². The highest BCUT2D eigenvalue weighted by Crippen LogP contribution is 2.17. The molecule has 0 amide bonds. The molecule has 0 fully saturated rings. The molecule has 1 rings (SSSR count). The lowest BCUT2D eigenvalue weighted by Gasteiger charge is -2.22. The SMILES string of the molecule is CC(C)CNCC(Cc1ncnn1C(C)C)C(C)C. The third-order valence-corrected chi connectivity index (χ3v) is 3.48. The average molecular weight is 266 g/mol. The smallest absolute Gasteiger partial charge is 0.138 e. The minimum Gasteiger partial charge on any atom is -0.316 e. The van der Waals surface area contributed by atoms with Crippen molar-refractivity contribution in [3.05, 3.63) is 12.2 Å². The van der Waals surface area contributed by atoms with Crippen LogP contribution in [0.15, 0.2) is 6.33 Å². The second kappa shape index (κ2) is 7.63. The summed E-state index contributed by atoms with van der Waals surface area (Å²) in [5, 5.41) is 7.89. The zero-order valence-electron chi connectivity index (χ0n) is 13.3. The molecule has 1 atom stereocenters. The van der Waals surface area contributed by atoms with Gasteiger partial charge in [0.1, 0.15) is 12.2 Å². The summed E-state index contributed by atoms with van der Waals surface area (Å²) >= 11 is 0. The molecule has 0 bridgehead atoms. The van der Waals surface area contributed by atoms with Crippen molar-refractivity contribution in [2.24, 2.45) is 17.8 Å². The molecular weight excluding hydrogens is 236 g/mol. The minimum atomic E-state index is 0.383. The van der Waals surface area contributed by atoms with Crippen molar-refractivity contribution in [2.45, 2.75) is 54.0 Å². The Labute approximate surface area is 118 Å². The second-order valence-corrected chi connectivity index (χ2v) is 6.47. The van der Waals surface area contributed by atoms with Gasteiger partial charge in [0, 0.05) is 12.5 Å². The molecule has 19 heavy (non-hydrogen) atoms. The predicted octanol–water partition coefficient (Wildman–Crippen LogP) is 2.92. The van der Waals surface area contributed by atoms with E-state index in [-0.39, 0.29) is 0 Å². The fourth-order valence-corrected chi connectivity index (χ4v) is 2.19. The van der Waals surface area contributed by atoms with Crippen molar-refractivity contribution in [1.29, 1.82) is 0 Å². The van der Waals surface area contributed by atoms with Crippen LogP contribution in [0.2, 0.25) is 0 Å². The molecule has 0 aromatic carbocycles. The van der Waals surface area contributed by atoms with Crippen LogP contribution in [-0.2, 0) is 6.42 Å². The molecule has 0 aliphatic heterocycles.